The Hall–Kier alpha value is -3.26. The highest BCUT2D eigenvalue weighted by Crippen LogP contribution is 2.33. The molecule has 0 amide bonds. The number of benzene rings is 2. The molecular weight excluding hydrogens is 428 g/mol. The maximum Gasteiger partial charge on any atom is 0.335 e. The van der Waals surface area contributed by atoms with Gasteiger partial charge in [-0.3, -0.25) is 4.79 Å². The Morgan fingerprint density at radius 2 is 1.52 bits per heavy atom. The highest BCUT2D eigenvalue weighted by molar-refractivity contribution is 5.99. The van der Waals surface area contributed by atoms with E-state index in [2.05, 4.69) is 0 Å². The number of hydrogen-bond acceptors (Lipinski definition) is 7. The molecule has 2 N–H and O–H groups in total. The van der Waals surface area contributed by atoms with Gasteiger partial charge in [0.1, 0.15) is 24.7 Å². The van der Waals surface area contributed by atoms with Crippen LogP contribution in [0, 0.1) is 12.3 Å². The Morgan fingerprint density at radius 3 is 2.09 bits per heavy atom. The maximum atomic E-state index is 12.4. The van der Waals surface area contributed by atoms with Crippen LogP contribution in [0.3, 0.4) is 0 Å². The molecule has 2 aromatic rings. The van der Waals surface area contributed by atoms with E-state index in [0.717, 1.165) is 0 Å². The lowest BCUT2D eigenvalue weighted by molar-refractivity contribution is 0.0693. The zero-order valence-electron chi connectivity index (χ0n) is 19.8. The molecule has 8 heteroatoms. The van der Waals surface area contributed by atoms with E-state index in [-0.39, 0.29) is 48.9 Å². The molecular formula is C25H32O8. The third-order valence-corrected chi connectivity index (χ3v) is 4.75. The second-order valence-electron chi connectivity index (χ2n) is 8.73. The molecule has 0 saturated heterocycles. The van der Waals surface area contributed by atoms with Gasteiger partial charge < -0.3 is 29.2 Å². The number of carbonyl (C=O) groups is 2. The molecule has 2 aromatic carbocycles. The van der Waals surface area contributed by atoms with Crippen LogP contribution in [0.25, 0.3) is 0 Å². The fourth-order valence-electron chi connectivity index (χ4n) is 3.09. The summed E-state index contributed by atoms with van der Waals surface area (Å²) in [5, 5.41) is 19.5. The Morgan fingerprint density at radius 1 is 0.909 bits per heavy atom. The molecule has 0 heterocycles. The lowest BCUT2D eigenvalue weighted by Crippen LogP contribution is -2.14. The Kier molecular flexibility index (Phi) is 9.11. The molecule has 8 nitrogen and oxygen atoms in total. The highest BCUT2D eigenvalue weighted by atomic mass is 16.6. The molecule has 0 saturated carbocycles. The first kappa shape index (κ1) is 26.0. The fraction of sp³-hybridized carbons (Fsp3) is 0.440. The van der Waals surface area contributed by atoms with Gasteiger partial charge in [0.25, 0.3) is 0 Å². The minimum absolute atomic E-state index is 0.0615. The van der Waals surface area contributed by atoms with Gasteiger partial charge in [0.05, 0.1) is 31.5 Å². The van der Waals surface area contributed by atoms with Gasteiger partial charge in [0.2, 0.25) is 0 Å². The van der Waals surface area contributed by atoms with Crippen molar-refractivity contribution < 1.29 is 38.7 Å². The summed E-state index contributed by atoms with van der Waals surface area (Å²) >= 11 is 0. The molecule has 0 aliphatic rings. The molecule has 0 radical (unpaired) electrons. The van der Waals surface area contributed by atoms with Crippen molar-refractivity contribution in [3.05, 3.63) is 47.0 Å². The van der Waals surface area contributed by atoms with Gasteiger partial charge in [-0.05, 0) is 42.7 Å². The number of methoxy groups -OCH3 is 1. The summed E-state index contributed by atoms with van der Waals surface area (Å²) in [6, 6.07) is 7.63. The zero-order valence-corrected chi connectivity index (χ0v) is 19.8. The fourth-order valence-corrected chi connectivity index (χ4v) is 3.09. The van der Waals surface area contributed by atoms with Gasteiger partial charge in [0, 0.05) is 12.0 Å². The topological polar surface area (TPSA) is 112 Å². The quantitative estimate of drug-likeness (QED) is 0.352. The Bertz CT molecular complexity index is 975. The molecule has 0 unspecified atom stereocenters. The van der Waals surface area contributed by atoms with Crippen LogP contribution in [-0.2, 0) is 4.74 Å². The number of carbonyl (C=O) groups excluding carboxylic acids is 1. The van der Waals surface area contributed by atoms with Crippen molar-refractivity contribution in [2.75, 3.05) is 33.5 Å². The Labute approximate surface area is 194 Å². The monoisotopic (exact) mass is 460 g/mol. The lowest BCUT2D eigenvalue weighted by Gasteiger charge is -2.18. The average Bonchev–Trinajstić information content (AvgIpc) is 2.74. The van der Waals surface area contributed by atoms with Gasteiger partial charge >= 0.3 is 5.97 Å². The molecule has 2 rings (SSSR count). The van der Waals surface area contributed by atoms with Gasteiger partial charge in [0.15, 0.2) is 17.3 Å². The van der Waals surface area contributed by atoms with Gasteiger partial charge in [-0.15, -0.1) is 0 Å². The summed E-state index contributed by atoms with van der Waals surface area (Å²) in [6.45, 7) is 8.60. The second kappa shape index (κ2) is 11.6. The number of carboxylic acid groups (broad SMARTS) is 1. The number of aromatic hydroxyl groups is 1. The van der Waals surface area contributed by atoms with E-state index >= 15 is 0 Å². The molecule has 0 aromatic heterocycles. The molecule has 33 heavy (non-hydrogen) atoms. The molecule has 0 fully saturated rings. The molecule has 0 atom stereocenters. The van der Waals surface area contributed by atoms with Crippen LogP contribution in [0.5, 0.6) is 23.0 Å². The van der Waals surface area contributed by atoms with Crippen molar-refractivity contribution in [2.45, 2.75) is 34.1 Å². The molecule has 0 aliphatic carbocycles. The van der Waals surface area contributed by atoms with Gasteiger partial charge in [-0.2, -0.15) is 0 Å². The zero-order chi connectivity index (χ0) is 24.6. The van der Waals surface area contributed by atoms with Crippen molar-refractivity contribution in [3.8, 4) is 23.0 Å². The Balaban J connectivity index is 1.79. The first-order chi connectivity index (χ1) is 15.5. The first-order valence-corrected chi connectivity index (χ1v) is 10.6. The number of ketones is 1. The number of hydrogen-bond donors (Lipinski definition) is 2. The smallest absolute Gasteiger partial charge is 0.335 e. The van der Waals surface area contributed by atoms with Crippen LogP contribution in [0.4, 0.5) is 0 Å². The maximum absolute atomic E-state index is 12.4. The number of phenolic OH excluding ortho intramolecular Hbond substituents is 1. The summed E-state index contributed by atoms with van der Waals surface area (Å²) in [5.74, 6) is 0.0170. The standard InChI is InChI=1S/C25H32O8/c1-16-20(9-7-18(23(16)27)19(26)15-25(2,3)4)32-12-10-31-11-13-33-22-14-17(24(28)29)6-8-21(22)30-5/h6-9,14,27H,10-13,15H2,1-5H3,(H,28,29). The SMILES string of the molecule is COc1ccc(C(=O)O)cc1OCCOCCOc1ccc(C(=O)CC(C)(C)C)c(O)c1C. The molecule has 180 valence electrons. The number of ether oxygens (including phenoxy) is 4. The average molecular weight is 461 g/mol. The van der Waals surface area contributed by atoms with Crippen LogP contribution in [0.1, 0.15) is 53.5 Å². The third kappa shape index (κ3) is 7.68. The first-order valence-electron chi connectivity index (χ1n) is 10.6. The second-order valence-corrected chi connectivity index (χ2v) is 8.73. The van der Waals surface area contributed by atoms with Crippen LogP contribution >= 0.6 is 0 Å². The van der Waals surface area contributed by atoms with E-state index in [0.29, 0.717) is 34.8 Å². The van der Waals surface area contributed by atoms with E-state index in [1.54, 1.807) is 19.1 Å². The summed E-state index contributed by atoms with van der Waals surface area (Å²) in [5.41, 5.74) is 0.733. The highest BCUT2D eigenvalue weighted by Gasteiger charge is 2.21. The minimum Gasteiger partial charge on any atom is -0.507 e. The normalized spacial score (nSPS) is 11.2. The summed E-state index contributed by atoms with van der Waals surface area (Å²) in [4.78, 5) is 23.5. The lowest BCUT2D eigenvalue weighted by atomic mass is 9.87. The van der Waals surface area contributed by atoms with Crippen LogP contribution in [0.2, 0.25) is 0 Å². The number of phenols is 1. The van der Waals surface area contributed by atoms with Gasteiger partial charge in [-0.1, -0.05) is 20.8 Å². The summed E-state index contributed by atoms with van der Waals surface area (Å²) < 4.78 is 21.9. The van der Waals surface area contributed by atoms with Crippen LogP contribution < -0.4 is 14.2 Å². The predicted molar refractivity (Wildman–Crippen MR) is 123 cm³/mol. The van der Waals surface area contributed by atoms with Crippen molar-refractivity contribution in [2.24, 2.45) is 5.41 Å². The summed E-state index contributed by atoms with van der Waals surface area (Å²) in [6.07, 6.45) is 0.336. The van der Waals surface area contributed by atoms with Crippen LogP contribution in [-0.4, -0.2) is 55.5 Å². The third-order valence-electron chi connectivity index (χ3n) is 4.75. The predicted octanol–water partition coefficient (Wildman–Crippen LogP) is 4.50. The molecule has 0 spiro atoms. The van der Waals surface area contributed by atoms with Crippen molar-refractivity contribution >= 4 is 11.8 Å². The van der Waals surface area contributed by atoms with Crippen molar-refractivity contribution in [3.63, 3.8) is 0 Å². The van der Waals surface area contributed by atoms with E-state index < -0.39 is 5.97 Å². The number of aromatic carboxylic acids is 1. The summed E-state index contributed by atoms with van der Waals surface area (Å²) in [7, 11) is 1.48. The number of carboxylic acids is 1. The van der Waals surface area contributed by atoms with E-state index in [1.807, 2.05) is 20.8 Å². The minimum atomic E-state index is -1.05. The van der Waals surface area contributed by atoms with Crippen LogP contribution in [0.15, 0.2) is 30.3 Å². The van der Waals surface area contributed by atoms with Crippen molar-refractivity contribution in [1.29, 1.82) is 0 Å². The van der Waals surface area contributed by atoms with Crippen molar-refractivity contribution in [1.82, 2.24) is 0 Å². The largest absolute Gasteiger partial charge is 0.507 e. The number of Topliss-reactive ketones (excluding diaryl/α,β-unsaturated/α-hetero) is 1. The van der Waals surface area contributed by atoms with E-state index in [4.69, 9.17) is 24.1 Å². The van der Waals surface area contributed by atoms with E-state index in [1.165, 1.54) is 25.3 Å². The van der Waals surface area contributed by atoms with Gasteiger partial charge in [-0.25, -0.2) is 4.79 Å². The number of rotatable bonds is 12. The molecule has 0 bridgehead atoms. The molecule has 0 aliphatic heterocycles. The van der Waals surface area contributed by atoms with E-state index in [9.17, 15) is 14.7 Å².